The van der Waals surface area contributed by atoms with Gasteiger partial charge in [-0.15, -0.1) is 6.58 Å². The van der Waals surface area contributed by atoms with Crippen LogP contribution in [-0.4, -0.2) is 16.3 Å². The van der Waals surface area contributed by atoms with Gasteiger partial charge in [-0.2, -0.15) is 5.10 Å². The summed E-state index contributed by atoms with van der Waals surface area (Å²) in [6, 6.07) is 0. The molecular weight excluding hydrogens is 198 g/mol. The fourth-order valence-corrected chi connectivity index (χ4v) is 2.71. The van der Waals surface area contributed by atoms with Gasteiger partial charge < -0.3 is 5.73 Å². The van der Waals surface area contributed by atoms with Crippen molar-refractivity contribution in [2.45, 2.75) is 44.1 Å². The molecule has 0 atom stereocenters. The average molecular weight is 219 g/mol. The third-order valence-corrected chi connectivity index (χ3v) is 3.76. The molecule has 88 valence electrons. The lowest BCUT2D eigenvalue weighted by molar-refractivity contribution is 0.300. The van der Waals surface area contributed by atoms with Crippen LogP contribution in [0.1, 0.15) is 37.7 Å². The van der Waals surface area contributed by atoms with Crippen molar-refractivity contribution in [3.63, 3.8) is 0 Å². The summed E-state index contributed by atoms with van der Waals surface area (Å²) in [7, 11) is 0. The first-order valence-electron chi connectivity index (χ1n) is 6.15. The van der Waals surface area contributed by atoms with Crippen LogP contribution in [0.3, 0.4) is 0 Å². The first-order chi connectivity index (χ1) is 7.80. The number of hydrogen-bond donors (Lipinski definition) is 1. The zero-order valence-corrected chi connectivity index (χ0v) is 9.86. The Balaban J connectivity index is 2.21. The van der Waals surface area contributed by atoms with Crippen LogP contribution >= 0.6 is 0 Å². The summed E-state index contributed by atoms with van der Waals surface area (Å²) in [5, 5.41) is 4.36. The summed E-state index contributed by atoms with van der Waals surface area (Å²) >= 11 is 0. The lowest BCUT2D eigenvalue weighted by Crippen LogP contribution is -2.36. The predicted octanol–water partition coefficient (Wildman–Crippen LogP) is 2.23. The van der Waals surface area contributed by atoms with Crippen molar-refractivity contribution in [2.75, 3.05) is 6.54 Å². The van der Waals surface area contributed by atoms with Crippen LogP contribution in [0, 0.1) is 0 Å². The summed E-state index contributed by atoms with van der Waals surface area (Å²) in [6.45, 7) is 5.25. The second-order valence-electron chi connectivity index (χ2n) is 4.78. The van der Waals surface area contributed by atoms with Gasteiger partial charge in [-0.25, -0.2) is 0 Å². The van der Waals surface area contributed by atoms with E-state index in [0.29, 0.717) is 0 Å². The van der Waals surface area contributed by atoms with E-state index in [1.54, 1.807) is 0 Å². The molecule has 1 aliphatic carbocycles. The smallest absolute Gasteiger partial charge is 0.0587 e. The molecule has 1 aromatic heterocycles. The summed E-state index contributed by atoms with van der Waals surface area (Å²) in [4.78, 5) is 0. The molecule has 1 aromatic rings. The second-order valence-corrected chi connectivity index (χ2v) is 4.78. The molecule has 0 aliphatic heterocycles. The third-order valence-electron chi connectivity index (χ3n) is 3.76. The van der Waals surface area contributed by atoms with E-state index in [2.05, 4.69) is 17.9 Å². The molecule has 0 aromatic carbocycles. The molecule has 1 saturated carbocycles. The molecule has 2 rings (SSSR count). The number of allylic oxidation sites excluding steroid dienone is 1. The van der Waals surface area contributed by atoms with Crippen molar-refractivity contribution in [3.8, 4) is 0 Å². The maximum absolute atomic E-state index is 6.00. The maximum atomic E-state index is 6.00. The molecule has 0 bridgehead atoms. The molecule has 16 heavy (non-hydrogen) atoms. The minimum Gasteiger partial charge on any atom is -0.330 e. The minimum absolute atomic E-state index is 0.192. The van der Waals surface area contributed by atoms with Gasteiger partial charge in [0.1, 0.15) is 0 Å². The molecule has 0 spiro atoms. The van der Waals surface area contributed by atoms with Crippen molar-refractivity contribution >= 4 is 0 Å². The highest BCUT2D eigenvalue weighted by atomic mass is 15.3. The normalized spacial score (nSPS) is 19.6. The Kier molecular flexibility index (Phi) is 3.44. The number of hydrogen-bond acceptors (Lipinski definition) is 2. The van der Waals surface area contributed by atoms with Crippen LogP contribution in [0.15, 0.2) is 25.0 Å². The topological polar surface area (TPSA) is 43.8 Å². The van der Waals surface area contributed by atoms with E-state index in [1.165, 1.54) is 37.7 Å². The van der Waals surface area contributed by atoms with E-state index in [4.69, 9.17) is 5.73 Å². The van der Waals surface area contributed by atoms with Gasteiger partial charge in [0.25, 0.3) is 0 Å². The van der Waals surface area contributed by atoms with Crippen LogP contribution in [0.4, 0.5) is 0 Å². The van der Waals surface area contributed by atoms with Gasteiger partial charge in [0.05, 0.1) is 12.7 Å². The Morgan fingerprint density at radius 2 is 2.19 bits per heavy atom. The van der Waals surface area contributed by atoms with Crippen LogP contribution in [-0.2, 0) is 12.0 Å². The lowest BCUT2D eigenvalue weighted by Gasteiger charge is -2.35. The van der Waals surface area contributed by atoms with Gasteiger partial charge in [0, 0.05) is 18.2 Å². The highest BCUT2D eigenvalue weighted by molar-refractivity contribution is 5.21. The van der Waals surface area contributed by atoms with Gasteiger partial charge in [-0.05, 0) is 18.4 Å². The lowest BCUT2D eigenvalue weighted by atomic mass is 9.70. The molecule has 0 radical (unpaired) electrons. The Morgan fingerprint density at radius 3 is 2.81 bits per heavy atom. The van der Waals surface area contributed by atoms with E-state index in [-0.39, 0.29) is 5.41 Å². The van der Waals surface area contributed by atoms with E-state index in [1.807, 2.05) is 17.0 Å². The molecule has 0 amide bonds. The number of rotatable bonds is 4. The average Bonchev–Trinajstić information content (AvgIpc) is 2.80. The first kappa shape index (κ1) is 11.4. The van der Waals surface area contributed by atoms with Crippen molar-refractivity contribution in [2.24, 2.45) is 5.73 Å². The summed E-state index contributed by atoms with van der Waals surface area (Å²) in [5.41, 5.74) is 7.50. The molecule has 1 aliphatic rings. The quantitative estimate of drug-likeness (QED) is 0.789. The molecule has 3 nitrogen and oxygen atoms in total. The minimum atomic E-state index is 0.192. The fraction of sp³-hybridized carbons (Fsp3) is 0.615. The summed E-state index contributed by atoms with van der Waals surface area (Å²) in [6.07, 6.45) is 12.4. The van der Waals surface area contributed by atoms with E-state index < -0.39 is 0 Å². The monoisotopic (exact) mass is 219 g/mol. The molecule has 0 unspecified atom stereocenters. The van der Waals surface area contributed by atoms with Gasteiger partial charge in [0.2, 0.25) is 0 Å². The SMILES string of the molecule is C=CCn1cc(C2(CN)CCCCC2)cn1. The molecule has 1 fully saturated rings. The number of nitrogens with zero attached hydrogens (tertiary/aromatic N) is 2. The van der Waals surface area contributed by atoms with Gasteiger partial charge >= 0.3 is 0 Å². The zero-order valence-electron chi connectivity index (χ0n) is 9.86. The molecule has 2 N–H and O–H groups in total. The van der Waals surface area contributed by atoms with E-state index in [9.17, 15) is 0 Å². The van der Waals surface area contributed by atoms with E-state index >= 15 is 0 Å². The summed E-state index contributed by atoms with van der Waals surface area (Å²) in [5.74, 6) is 0. The zero-order chi connectivity index (χ0) is 11.4. The first-order valence-corrected chi connectivity index (χ1v) is 6.15. The van der Waals surface area contributed by atoms with E-state index in [0.717, 1.165) is 13.1 Å². The predicted molar refractivity (Wildman–Crippen MR) is 66.2 cm³/mol. The highest BCUT2D eigenvalue weighted by Crippen LogP contribution is 2.38. The van der Waals surface area contributed by atoms with Gasteiger partial charge in [-0.1, -0.05) is 25.3 Å². The van der Waals surface area contributed by atoms with Crippen molar-refractivity contribution in [1.82, 2.24) is 9.78 Å². The largest absolute Gasteiger partial charge is 0.330 e. The Labute approximate surface area is 97.3 Å². The number of aromatic nitrogens is 2. The van der Waals surface area contributed by atoms with Crippen LogP contribution < -0.4 is 5.73 Å². The van der Waals surface area contributed by atoms with Crippen molar-refractivity contribution < 1.29 is 0 Å². The Bertz CT molecular complexity index is 348. The standard InChI is InChI=1S/C13H21N3/c1-2-8-16-10-12(9-15-16)13(11-14)6-4-3-5-7-13/h2,9-10H,1,3-8,11,14H2. The highest BCUT2D eigenvalue weighted by Gasteiger charge is 2.33. The Hall–Kier alpha value is -1.09. The van der Waals surface area contributed by atoms with Crippen molar-refractivity contribution in [1.29, 1.82) is 0 Å². The molecule has 0 saturated heterocycles. The van der Waals surface area contributed by atoms with Crippen LogP contribution in [0.5, 0.6) is 0 Å². The maximum Gasteiger partial charge on any atom is 0.0587 e. The van der Waals surface area contributed by atoms with Gasteiger partial charge in [-0.3, -0.25) is 4.68 Å². The van der Waals surface area contributed by atoms with Crippen LogP contribution in [0.25, 0.3) is 0 Å². The fourth-order valence-electron chi connectivity index (χ4n) is 2.71. The third kappa shape index (κ3) is 2.05. The molecular formula is C13H21N3. The van der Waals surface area contributed by atoms with Gasteiger partial charge in [0.15, 0.2) is 0 Å². The van der Waals surface area contributed by atoms with Crippen molar-refractivity contribution in [3.05, 3.63) is 30.6 Å². The van der Waals surface area contributed by atoms with Crippen LogP contribution in [0.2, 0.25) is 0 Å². The molecule has 3 heteroatoms. The second kappa shape index (κ2) is 4.83. The molecule has 1 heterocycles. The number of nitrogens with two attached hydrogens (primary N) is 1. The Morgan fingerprint density at radius 1 is 1.44 bits per heavy atom. The summed E-state index contributed by atoms with van der Waals surface area (Å²) < 4.78 is 1.94.